The molecule has 20 heavy (non-hydrogen) atoms. The minimum atomic E-state index is -3.72. The molecule has 0 aliphatic heterocycles. The first kappa shape index (κ1) is 16.9. The summed E-state index contributed by atoms with van der Waals surface area (Å²) in [6.45, 7) is 2.51. The summed E-state index contributed by atoms with van der Waals surface area (Å²) in [7, 11) is -2.29. The standard InChI is InChI=1S/C12H22N2O5S/c1-3-19-12(16)11-6-4-10(5-7-11)8-14(2)20(17,18)13-9-15/h9-11H,3-8H2,1-2H3,(H,13,15). The zero-order valence-electron chi connectivity index (χ0n) is 11.9. The Hall–Kier alpha value is -1.15. The minimum Gasteiger partial charge on any atom is -0.466 e. The second-order valence-electron chi connectivity index (χ2n) is 4.99. The molecule has 1 fully saturated rings. The molecule has 0 radical (unpaired) electrons. The first-order chi connectivity index (χ1) is 9.40. The summed E-state index contributed by atoms with van der Waals surface area (Å²) < 4.78 is 31.1. The summed E-state index contributed by atoms with van der Waals surface area (Å²) in [6, 6.07) is 0. The zero-order valence-corrected chi connectivity index (χ0v) is 12.7. The van der Waals surface area contributed by atoms with Gasteiger partial charge in [0, 0.05) is 13.6 Å². The SMILES string of the molecule is CCOC(=O)C1CCC(CN(C)S(=O)(=O)NC=O)CC1. The van der Waals surface area contributed by atoms with Gasteiger partial charge in [-0.15, -0.1) is 0 Å². The number of rotatable bonds is 7. The molecule has 0 heterocycles. The lowest BCUT2D eigenvalue weighted by molar-refractivity contribution is -0.149. The lowest BCUT2D eigenvalue weighted by atomic mass is 9.82. The van der Waals surface area contributed by atoms with Crippen LogP contribution in [0.2, 0.25) is 0 Å². The number of nitrogens with zero attached hydrogens (tertiary/aromatic N) is 1. The zero-order chi connectivity index (χ0) is 15.2. The highest BCUT2D eigenvalue weighted by Gasteiger charge is 2.29. The fraction of sp³-hybridized carbons (Fsp3) is 0.833. The van der Waals surface area contributed by atoms with Gasteiger partial charge in [-0.1, -0.05) is 0 Å². The second-order valence-corrected chi connectivity index (χ2v) is 6.80. The Morgan fingerprint density at radius 2 is 1.95 bits per heavy atom. The molecule has 0 unspecified atom stereocenters. The summed E-state index contributed by atoms with van der Waals surface area (Å²) in [5.41, 5.74) is 0. The maximum absolute atomic E-state index is 11.6. The van der Waals surface area contributed by atoms with Crippen molar-refractivity contribution in [1.29, 1.82) is 0 Å². The van der Waals surface area contributed by atoms with Crippen molar-refractivity contribution < 1.29 is 22.7 Å². The highest BCUT2D eigenvalue weighted by Crippen LogP contribution is 2.30. The van der Waals surface area contributed by atoms with E-state index < -0.39 is 10.2 Å². The molecule has 1 aliphatic rings. The molecular formula is C12H22N2O5S. The van der Waals surface area contributed by atoms with Crippen molar-refractivity contribution in [3.05, 3.63) is 0 Å². The quantitative estimate of drug-likeness (QED) is 0.538. The third-order valence-corrected chi connectivity index (χ3v) is 4.95. The molecule has 0 aromatic heterocycles. The van der Waals surface area contributed by atoms with Crippen LogP contribution >= 0.6 is 0 Å². The monoisotopic (exact) mass is 306 g/mol. The fourth-order valence-electron chi connectivity index (χ4n) is 2.45. The van der Waals surface area contributed by atoms with Gasteiger partial charge in [-0.25, -0.2) is 4.72 Å². The molecule has 1 aliphatic carbocycles. The molecular weight excluding hydrogens is 284 g/mol. The number of amides is 1. The van der Waals surface area contributed by atoms with Crippen molar-refractivity contribution in [3.63, 3.8) is 0 Å². The predicted molar refractivity (Wildman–Crippen MR) is 72.8 cm³/mol. The van der Waals surface area contributed by atoms with Crippen LogP contribution in [0, 0.1) is 11.8 Å². The van der Waals surface area contributed by atoms with E-state index in [0.717, 1.165) is 30.0 Å². The van der Waals surface area contributed by atoms with E-state index in [4.69, 9.17) is 4.74 Å². The van der Waals surface area contributed by atoms with E-state index >= 15 is 0 Å². The van der Waals surface area contributed by atoms with Crippen LogP contribution < -0.4 is 4.72 Å². The number of carbonyl (C=O) groups excluding carboxylic acids is 2. The van der Waals surface area contributed by atoms with Gasteiger partial charge >= 0.3 is 16.2 Å². The van der Waals surface area contributed by atoms with Crippen molar-refractivity contribution in [2.45, 2.75) is 32.6 Å². The summed E-state index contributed by atoms with van der Waals surface area (Å²) in [4.78, 5) is 21.8. The van der Waals surface area contributed by atoms with E-state index in [9.17, 15) is 18.0 Å². The first-order valence-corrected chi connectivity index (χ1v) is 8.18. The Kier molecular flexibility index (Phi) is 6.41. The van der Waals surface area contributed by atoms with Crippen molar-refractivity contribution >= 4 is 22.6 Å². The van der Waals surface area contributed by atoms with Crippen LogP contribution in [-0.2, 0) is 24.5 Å². The third-order valence-electron chi connectivity index (χ3n) is 3.59. The number of carbonyl (C=O) groups is 2. The smallest absolute Gasteiger partial charge is 0.308 e. The van der Waals surface area contributed by atoms with Gasteiger partial charge in [-0.3, -0.25) is 9.59 Å². The van der Waals surface area contributed by atoms with Crippen LogP contribution in [0.25, 0.3) is 0 Å². The predicted octanol–water partition coefficient (Wildman–Crippen LogP) is 0.279. The maximum Gasteiger partial charge on any atom is 0.308 e. The molecule has 0 bridgehead atoms. The average Bonchev–Trinajstić information content (AvgIpc) is 2.39. The third kappa shape index (κ3) is 4.75. The molecule has 0 spiro atoms. The van der Waals surface area contributed by atoms with Crippen molar-refractivity contribution in [2.75, 3.05) is 20.2 Å². The maximum atomic E-state index is 11.6. The van der Waals surface area contributed by atoms with Crippen molar-refractivity contribution in [2.24, 2.45) is 11.8 Å². The van der Waals surface area contributed by atoms with Crippen LogP contribution in [0.15, 0.2) is 0 Å². The topological polar surface area (TPSA) is 92.8 Å². The minimum absolute atomic E-state index is 0.0683. The molecule has 116 valence electrons. The lowest BCUT2D eigenvalue weighted by Crippen LogP contribution is -2.41. The number of hydrogen-bond acceptors (Lipinski definition) is 5. The molecule has 0 aromatic carbocycles. The van der Waals surface area contributed by atoms with E-state index in [1.807, 2.05) is 0 Å². The number of esters is 1. The molecule has 1 saturated carbocycles. The Morgan fingerprint density at radius 1 is 1.35 bits per heavy atom. The summed E-state index contributed by atoms with van der Waals surface area (Å²) >= 11 is 0. The molecule has 1 N–H and O–H groups in total. The van der Waals surface area contributed by atoms with Crippen LogP contribution in [-0.4, -0.2) is 45.3 Å². The van der Waals surface area contributed by atoms with Gasteiger partial charge in [0.2, 0.25) is 6.41 Å². The van der Waals surface area contributed by atoms with E-state index in [1.54, 1.807) is 11.6 Å². The van der Waals surface area contributed by atoms with Gasteiger partial charge in [0.25, 0.3) is 0 Å². The molecule has 1 amide bonds. The number of hydrogen-bond donors (Lipinski definition) is 1. The van der Waals surface area contributed by atoms with E-state index in [-0.39, 0.29) is 24.2 Å². The normalized spacial score (nSPS) is 23.4. The van der Waals surface area contributed by atoms with Gasteiger partial charge in [0.05, 0.1) is 12.5 Å². The van der Waals surface area contributed by atoms with Crippen molar-refractivity contribution in [1.82, 2.24) is 9.03 Å². The van der Waals surface area contributed by atoms with Gasteiger partial charge in [-0.2, -0.15) is 12.7 Å². The first-order valence-electron chi connectivity index (χ1n) is 6.74. The molecule has 8 heteroatoms. The molecule has 0 atom stereocenters. The average molecular weight is 306 g/mol. The lowest BCUT2D eigenvalue weighted by Gasteiger charge is -2.29. The van der Waals surface area contributed by atoms with Crippen LogP contribution in [0.4, 0.5) is 0 Å². The highest BCUT2D eigenvalue weighted by molar-refractivity contribution is 7.87. The second kappa shape index (κ2) is 7.58. The van der Waals surface area contributed by atoms with Crippen molar-refractivity contribution in [3.8, 4) is 0 Å². The Balaban J connectivity index is 2.43. The van der Waals surface area contributed by atoms with E-state index in [1.165, 1.54) is 7.05 Å². The fourth-order valence-corrected chi connectivity index (χ4v) is 3.16. The number of ether oxygens (including phenoxy) is 1. The van der Waals surface area contributed by atoms with Crippen LogP contribution in [0.1, 0.15) is 32.6 Å². The van der Waals surface area contributed by atoms with Crippen LogP contribution in [0.5, 0.6) is 0 Å². The van der Waals surface area contributed by atoms with E-state index in [0.29, 0.717) is 13.2 Å². The molecule has 1 rings (SSSR count). The summed E-state index contributed by atoms with van der Waals surface area (Å²) in [6.07, 6.45) is 3.16. The van der Waals surface area contributed by atoms with Gasteiger partial charge < -0.3 is 4.74 Å². The van der Waals surface area contributed by atoms with E-state index in [2.05, 4.69) is 0 Å². The van der Waals surface area contributed by atoms with Gasteiger partial charge in [-0.05, 0) is 38.5 Å². The molecule has 0 saturated heterocycles. The van der Waals surface area contributed by atoms with Crippen LogP contribution in [0.3, 0.4) is 0 Å². The molecule has 0 aromatic rings. The highest BCUT2D eigenvalue weighted by atomic mass is 32.2. The summed E-state index contributed by atoms with van der Waals surface area (Å²) in [5, 5.41) is 0. The Bertz CT molecular complexity index is 429. The largest absolute Gasteiger partial charge is 0.466 e. The Labute approximate surface area is 119 Å². The Morgan fingerprint density at radius 3 is 2.45 bits per heavy atom. The van der Waals surface area contributed by atoms with Gasteiger partial charge in [0.15, 0.2) is 0 Å². The number of nitrogens with one attached hydrogen (secondary N) is 1. The molecule has 7 nitrogen and oxygen atoms in total. The summed E-state index contributed by atoms with van der Waals surface area (Å²) in [5.74, 6) is -0.0235. The van der Waals surface area contributed by atoms with Gasteiger partial charge in [0.1, 0.15) is 0 Å².